The lowest BCUT2D eigenvalue weighted by Crippen LogP contribution is -2.50. The Labute approximate surface area is 90.9 Å². The summed E-state index contributed by atoms with van der Waals surface area (Å²) in [6.07, 6.45) is 2.55. The maximum atomic E-state index is 10.7. The predicted molar refractivity (Wildman–Crippen MR) is 57.8 cm³/mol. The van der Waals surface area contributed by atoms with Crippen molar-refractivity contribution in [3.05, 3.63) is 0 Å². The minimum Gasteiger partial charge on any atom is -0.481 e. The molecule has 0 aliphatic carbocycles. The second-order valence-electron chi connectivity index (χ2n) is 4.98. The molecule has 0 radical (unpaired) electrons. The van der Waals surface area contributed by atoms with Crippen LogP contribution in [0.4, 0.5) is 0 Å². The van der Waals surface area contributed by atoms with Crippen LogP contribution in [0.1, 0.15) is 19.3 Å². The number of carbonyl (C=O) groups is 1. The van der Waals surface area contributed by atoms with Crippen molar-refractivity contribution >= 4 is 5.97 Å². The third kappa shape index (κ3) is 2.69. The van der Waals surface area contributed by atoms with Crippen LogP contribution in [0.15, 0.2) is 0 Å². The molecule has 0 amide bonds. The molecule has 0 spiro atoms. The summed E-state index contributed by atoms with van der Waals surface area (Å²) in [6.45, 7) is 4.55. The number of nitrogens with zero attached hydrogens (tertiary/aromatic N) is 2. The molecule has 15 heavy (non-hydrogen) atoms. The fourth-order valence-corrected chi connectivity index (χ4v) is 2.84. The molecule has 2 rings (SSSR count). The molecule has 0 saturated carbocycles. The van der Waals surface area contributed by atoms with Crippen molar-refractivity contribution < 1.29 is 9.90 Å². The number of likely N-dealkylation sites (tertiary alicyclic amines) is 2. The second-order valence-corrected chi connectivity index (χ2v) is 4.98. The van der Waals surface area contributed by atoms with Gasteiger partial charge >= 0.3 is 5.97 Å². The van der Waals surface area contributed by atoms with Crippen molar-refractivity contribution in [2.24, 2.45) is 5.92 Å². The van der Waals surface area contributed by atoms with Gasteiger partial charge in [0.1, 0.15) is 0 Å². The zero-order chi connectivity index (χ0) is 10.8. The van der Waals surface area contributed by atoms with Crippen molar-refractivity contribution in [1.29, 1.82) is 0 Å². The van der Waals surface area contributed by atoms with Crippen molar-refractivity contribution in [2.45, 2.75) is 25.3 Å². The molecule has 2 saturated heterocycles. The SMILES string of the molecule is CN1CC(CN2CCCC2CC(=O)O)C1. The Balaban J connectivity index is 1.77. The molecule has 1 unspecified atom stereocenters. The van der Waals surface area contributed by atoms with Crippen LogP contribution in [0.3, 0.4) is 0 Å². The average Bonchev–Trinajstić information content (AvgIpc) is 2.49. The normalized spacial score (nSPS) is 29.3. The largest absolute Gasteiger partial charge is 0.481 e. The molecule has 2 aliphatic rings. The summed E-state index contributed by atoms with van der Waals surface area (Å²) in [5.74, 6) is 0.113. The number of hydrogen-bond donors (Lipinski definition) is 1. The molecular formula is C11H20N2O2. The van der Waals surface area contributed by atoms with Gasteiger partial charge in [-0.1, -0.05) is 0 Å². The summed E-state index contributed by atoms with van der Waals surface area (Å²) < 4.78 is 0. The first kappa shape index (κ1) is 10.9. The molecule has 0 aromatic rings. The molecule has 1 N–H and O–H groups in total. The molecule has 2 fully saturated rings. The summed E-state index contributed by atoms with van der Waals surface area (Å²) in [4.78, 5) is 15.4. The highest BCUT2D eigenvalue weighted by molar-refractivity contribution is 5.67. The molecule has 2 heterocycles. The van der Waals surface area contributed by atoms with Gasteiger partial charge < -0.3 is 10.0 Å². The van der Waals surface area contributed by atoms with Gasteiger partial charge in [0.2, 0.25) is 0 Å². The number of aliphatic carboxylic acids is 1. The Morgan fingerprint density at radius 2 is 2.20 bits per heavy atom. The van der Waals surface area contributed by atoms with Gasteiger partial charge in [0.15, 0.2) is 0 Å². The standard InChI is InChI=1S/C11H20N2O2/c1-12-6-9(7-12)8-13-4-2-3-10(13)5-11(14)15/h9-10H,2-8H2,1H3,(H,14,15). The van der Waals surface area contributed by atoms with Gasteiger partial charge in [-0.15, -0.1) is 0 Å². The fraction of sp³-hybridized carbons (Fsp3) is 0.909. The molecule has 0 aromatic heterocycles. The van der Waals surface area contributed by atoms with Crippen LogP contribution in [0.25, 0.3) is 0 Å². The zero-order valence-corrected chi connectivity index (χ0v) is 9.35. The number of carboxylic acids is 1. The predicted octanol–water partition coefficient (Wildman–Crippen LogP) is 0.487. The van der Waals surface area contributed by atoms with Crippen molar-refractivity contribution in [3.8, 4) is 0 Å². The molecule has 4 heteroatoms. The number of rotatable bonds is 4. The van der Waals surface area contributed by atoms with Gasteiger partial charge in [0, 0.05) is 25.7 Å². The Hall–Kier alpha value is -0.610. The van der Waals surface area contributed by atoms with Crippen LogP contribution >= 0.6 is 0 Å². The van der Waals surface area contributed by atoms with Gasteiger partial charge in [0.25, 0.3) is 0 Å². The first-order valence-electron chi connectivity index (χ1n) is 5.79. The fourth-order valence-electron chi connectivity index (χ4n) is 2.84. The minimum atomic E-state index is -0.655. The van der Waals surface area contributed by atoms with E-state index in [2.05, 4.69) is 16.8 Å². The van der Waals surface area contributed by atoms with Gasteiger partial charge in [-0.2, -0.15) is 0 Å². The van der Waals surface area contributed by atoms with E-state index < -0.39 is 5.97 Å². The summed E-state index contributed by atoms with van der Waals surface area (Å²) in [5.41, 5.74) is 0. The highest BCUT2D eigenvalue weighted by Gasteiger charge is 2.31. The highest BCUT2D eigenvalue weighted by Crippen LogP contribution is 2.23. The van der Waals surface area contributed by atoms with Crippen LogP contribution < -0.4 is 0 Å². The lowest BCUT2D eigenvalue weighted by atomic mass is 10.00. The average molecular weight is 212 g/mol. The monoisotopic (exact) mass is 212 g/mol. The second kappa shape index (κ2) is 4.49. The van der Waals surface area contributed by atoms with E-state index in [4.69, 9.17) is 5.11 Å². The van der Waals surface area contributed by atoms with E-state index in [9.17, 15) is 4.79 Å². The summed E-state index contributed by atoms with van der Waals surface area (Å²) in [5, 5.41) is 8.80. The number of carboxylic acid groups (broad SMARTS) is 1. The van der Waals surface area contributed by atoms with Gasteiger partial charge in [0.05, 0.1) is 6.42 Å². The first-order valence-corrected chi connectivity index (χ1v) is 5.79. The van der Waals surface area contributed by atoms with Gasteiger partial charge in [-0.05, 0) is 32.4 Å². The Morgan fingerprint density at radius 3 is 2.80 bits per heavy atom. The van der Waals surface area contributed by atoms with E-state index >= 15 is 0 Å². The topological polar surface area (TPSA) is 43.8 Å². The first-order chi connectivity index (χ1) is 7.15. The molecule has 2 aliphatic heterocycles. The Bertz CT molecular complexity index is 239. The van der Waals surface area contributed by atoms with Crippen molar-refractivity contribution in [1.82, 2.24) is 9.80 Å². The lowest BCUT2D eigenvalue weighted by molar-refractivity contribution is -0.138. The van der Waals surface area contributed by atoms with E-state index in [0.717, 1.165) is 25.4 Å². The van der Waals surface area contributed by atoms with E-state index in [1.54, 1.807) is 0 Å². The molecule has 0 bridgehead atoms. The smallest absolute Gasteiger partial charge is 0.304 e. The van der Waals surface area contributed by atoms with Crippen LogP contribution in [0, 0.1) is 5.92 Å². The Kier molecular flexibility index (Phi) is 3.26. The van der Waals surface area contributed by atoms with E-state index in [-0.39, 0.29) is 0 Å². The third-order valence-corrected chi connectivity index (χ3v) is 3.54. The van der Waals surface area contributed by atoms with Crippen LogP contribution in [0.5, 0.6) is 0 Å². The lowest BCUT2D eigenvalue weighted by Gasteiger charge is -2.39. The number of hydrogen-bond acceptors (Lipinski definition) is 3. The van der Waals surface area contributed by atoms with Crippen molar-refractivity contribution in [3.63, 3.8) is 0 Å². The minimum absolute atomic E-state index is 0.299. The molecule has 86 valence electrons. The summed E-state index contributed by atoms with van der Waals surface area (Å²) >= 11 is 0. The van der Waals surface area contributed by atoms with Gasteiger partial charge in [-0.25, -0.2) is 0 Å². The quantitative estimate of drug-likeness (QED) is 0.736. The summed E-state index contributed by atoms with van der Waals surface area (Å²) in [6, 6.07) is 0.299. The molecule has 0 aromatic carbocycles. The molecule has 1 atom stereocenters. The van der Waals surface area contributed by atoms with E-state index in [1.165, 1.54) is 19.5 Å². The van der Waals surface area contributed by atoms with Crippen LogP contribution in [-0.4, -0.2) is 60.1 Å². The third-order valence-electron chi connectivity index (χ3n) is 3.54. The molecule has 4 nitrogen and oxygen atoms in total. The van der Waals surface area contributed by atoms with Gasteiger partial charge in [-0.3, -0.25) is 9.69 Å². The zero-order valence-electron chi connectivity index (χ0n) is 9.35. The van der Waals surface area contributed by atoms with E-state index in [0.29, 0.717) is 12.5 Å². The van der Waals surface area contributed by atoms with Crippen LogP contribution in [-0.2, 0) is 4.79 Å². The van der Waals surface area contributed by atoms with Crippen LogP contribution in [0.2, 0.25) is 0 Å². The van der Waals surface area contributed by atoms with Crippen molar-refractivity contribution in [2.75, 3.05) is 33.2 Å². The maximum absolute atomic E-state index is 10.7. The highest BCUT2D eigenvalue weighted by atomic mass is 16.4. The molecular weight excluding hydrogens is 192 g/mol. The maximum Gasteiger partial charge on any atom is 0.304 e. The Morgan fingerprint density at radius 1 is 1.47 bits per heavy atom. The summed E-state index contributed by atoms with van der Waals surface area (Å²) in [7, 11) is 2.13. The van der Waals surface area contributed by atoms with E-state index in [1.807, 2.05) is 0 Å².